The maximum absolute atomic E-state index is 11.0. The highest BCUT2D eigenvalue weighted by molar-refractivity contribution is 7.84. The summed E-state index contributed by atoms with van der Waals surface area (Å²) in [7, 11) is 1.85. The van der Waals surface area contributed by atoms with E-state index in [0.29, 0.717) is 30.1 Å². The van der Waals surface area contributed by atoms with E-state index in [4.69, 9.17) is 9.47 Å². The third-order valence-corrected chi connectivity index (χ3v) is 4.23. The van der Waals surface area contributed by atoms with E-state index in [2.05, 4.69) is 27.9 Å². The molecule has 0 aliphatic carbocycles. The topological polar surface area (TPSA) is 72.8 Å². The van der Waals surface area contributed by atoms with Gasteiger partial charge in [0.05, 0.1) is 12.7 Å². The van der Waals surface area contributed by atoms with Crippen molar-refractivity contribution in [3.63, 3.8) is 0 Å². The van der Waals surface area contributed by atoms with E-state index in [1.54, 1.807) is 30.6 Å². The lowest BCUT2D eigenvalue weighted by molar-refractivity contribution is 0.112. The quantitative estimate of drug-likeness (QED) is 0.316. The summed E-state index contributed by atoms with van der Waals surface area (Å²) < 4.78 is 11.3. The van der Waals surface area contributed by atoms with Gasteiger partial charge in [0, 0.05) is 48.1 Å². The molecule has 0 aliphatic heterocycles. The summed E-state index contributed by atoms with van der Waals surface area (Å²) in [6, 6.07) is 10.9. The van der Waals surface area contributed by atoms with Crippen molar-refractivity contribution in [2.75, 3.05) is 19.0 Å². The summed E-state index contributed by atoms with van der Waals surface area (Å²) in [6.07, 6.45) is 4.96. The number of nitrogens with one attached hydrogen (secondary N) is 1. The van der Waals surface area contributed by atoms with Crippen LogP contribution in [-0.2, 0) is 0 Å². The molecule has 0 fully saturated rings. The first-order valence-electron chi connectivity index (χ1n) is 9.75. The molecule has 0 aliphatic rings. The number of aromatic nitrogens is 1. The summed E-state index contributed by atoms with van der Waals surface area (Å²) in [4.78, 5) is 20.0. The Balaban J connectivity index is 0.000000467. The van der Waals surface area contributed by atoms with Gasteiger partial charge >= 0.3 is 0 Å². The van der Waals surface area contributed by atoms with Gasteiger partial charge in [-0.1, -0.05) is 6.07 Å². The zero-order valence-corrected chi connectivity index (χ0v) is 19.1. The normalized spacial score (nSPS) is 11.4. The van der Waals surface area contributed by atoms with Crippen molar-refractivity contribution < 1.29 is 14.3 Å². The number of carbonyl (C=O) groups excluding carboxylic acids is 1. The Morgan fingerprint density at radius 2 is 2.00 bits per heavy atom. The molecule has 0 spiro atoms. The lowest BCUT2D eigenvalue weighted by Gasteiger charge is -2.13. The van der Waals surface area contributed by atoms with Gasteiger partial charge in [0.15, 0.2) is 0 Å². The molecular formula is C23H31N3O3S. The monoisotopic (exact) mass is 429 g/mol. The van der Waals surface area contributed by atoms with Crippen molar-refractivity contribution in [3.8, 4) is 11.5 Å². The van der Waals surface area contributed by atoms with E-state index in [1.165, 1.54) is 0 Å². The Bertz CT molecular complexity index is 837. The molecule has 0 amide bonds. The zero-order valence-electron chi connectivity index (χ0n) is 18.3. The number of hydrogen-bond acceptors (Lipinski definition) is 7. The predicted molar refractivity (Wildman–Crippen MR) is 127 cm³/mol. The van der Waals surface area contributed by atoms with Crippen LogP contribution in [0.2, 0.25) is 0 Å². The maximum Gasteiger partial charge on any atom is 0.150 e. The van der Waals surface area contributed by atoms with Gasteiger partial charge in [-0.2, -0.15) is 0 Å². The van der Waals surface area contributed by atoms with Crippen LogP contribution in [0.15, 0.2) is 58.2 Å². The van der Waals surface area contributed by atoms with Crippen molar-refractivity contribution in [2.24, 2.45) is 4.99 Å². The van der Waals surface area contributed by atoms with Crippen LogP contribution in [0.4, 0.5) is 5.82 Å². The van der Waals surface area contributed by atoms with Gasteiger partial charge in [-0.15, -0.1) is 12.6 Å². The number of carbonyl (C=O) groups is 1. The second-order valence-corrected chi connectivity index (χ2v) is 7.04. The smallest absolute Gasteiger partial charge is 0.150 e. The molecule has 1 heterocycles. The van der Waals surface area contributed by atoms with Crippen LogP contribution in [0, 0.1) is 0 Å². The standard InChI is InChI=1S/C17H23NO3S.C6H8N2/c1-5-18-13(4)17(22)6-7-20-15-8-14(11-19)9-16(10-15)21-12(2)3;1-7-6-4-2-3-5-8-6/h5,8-12,22H,6-7H2,1-4H3;2-5H,1H3,(H,7,8)/b17-13-,18-5?;. The van der Waals surface area contributed by atoms with Crippen molar-refractivity contribution in [2.45, 2.75) is 40.2 Å². The molecule has 1 aromatic carbocycles. The molecule has 0 unspecified atom stereocenters. The summed E-state index contributed by atoms with van der Waals surface area (Å²) in [5, 5.41) is 2.92. The molecule has 6 nitrogen and oxygen atoms in total. The molecule has 2 rings (SSSR count). The third kappa shape index (κ3) is 10.1. The fourth-order valence-corrected chi connectivity index (χ4v) is 2.46. The second-order valence-electron chi connectivity index (χ2n) is 6.51. The molecular weight excluding hydrogens is 398 g/mol. The third-order valence-electron chi connectivity index (χ3n) is 3.68. The van der Waals surface area contributed by atoms with Crippen molar-refractivity contribution in [1.29, 1.82) is 0 Å². The van der Waals surface area contributed by atoms with E-state index in [1.807, 2.05) is 52.9 Å². The molecule has 0 saturated carbocycles. The fourth-order valence-electron chi connectivity index (χ4n) is 2.31. The highest BCUT2D eigenvalue weighted by Crippen LogP contribution is 2.24. The lowest BCUT2D eigenvalue weighted by Crippen LogP contribution is -2.06. The number of hydrogen-bond donors (Lipinski definition) is 2. The van der Waals surface area contributed by atoms with Crippen LogP contribution < -0.4 is 14.8 Å². The predicted octanol–water partition coefficient (Wildman–Crippen LogP) is 5.43. The SMILES string of the molecule is CC=N/C(C)=C(\S)CCOc1cc(C=O)cc(OC(C)C)c1.CNc1ccccn1. The highest BCUT2D eigenvalue weighted by Gasteiger charge is 2.05. The summed E-state index contributed by atoms with van der Waals surface area (Å²) >= 11 is 4.41. The van der Waals surface area contributed by atoms with Crippen LogP contribution in [-0.4, -0.2) is 37.2 Å². The van der Waals surface area contributed by atoms with E-state index in [-0.39, 0.29) is 6.10 Å². The van der Waals surface area contributed by atoms with Crippen molar-refractivity contribution in [3.05, 3.63) is 58.8 Å². The molecule has 30 heavy (non-hydrogen) atoms. The number of ether oxygens (including phenoxy) is 2. The van der Waals surface area contributed by atoms with Crippen LogP contribution in [0.5, 0.6) is 11.5 Å². The number of aldehydes is 1. The number of benzene rings is 1. The number of nitrogens with zero attached hydrogens (tertiary/aromatic N) is 2. The van der Waals surface area contributed by atoms with Gasteiger partial charge in [0.1, 0.15) is 23.6 Å². The lowest BCUT2D eigenvalue weighted by atomic mass is 10.2. The first-order chi connectivity index (χ1) is 14.4. The van der Waals surface area contributed by atoms with Crippen LogP contribution >= 0.6 is 12.6 Å². The highest BCUT2D eigenvalue weighted by atomic mass is 32.1. The van der Waals surface area contributed by atoms with Gasteiger partial charge in [-0.05, 0) is 52.0 Å². The number of aliphatic imine (C=N–C) groups is 1. The van der Waals surface area contributed by atoms with E-state index in [9.17, 15) is 4.79 Å². The van der Waals surface area contributed by atoms with Crippen molar-refractivity contribution in [1.82, 2.24) is 4.98 Å². The Morgan fingerprint density at radius 3 is 2.53 bits per heavy atom. The van der Waals surface area contributed by atoms with Crippen LogP contribution in [0.1, 0.15) is 44.5 Å². The van der Waals surface area contributed by atoms with Gasteiger partial charge in [0.2, 0.25) is 0 Å². The molecule has 0 atom stereocenters. The first-order valence-corrected chi connectivity index (χ1v) is 10.2. The van der Waals surface area contributed by atoms with Crippen LogP contribution in [0.25, 0.3) is 0 Å². The molecule has 0 radical (unpaired) electrons. The van der Waals surface area contributed by atoms with Gasteiger partial charge in [-0.3, -0.25) is 9.79 Å². The first kappa shape index (κ1) is 25.2. The Labute approximate surface area is 184 Å². The van der Waals surface area contributed by atoms with E-state index >= 15 is 0 Å². The molecule has 7 heteroatoms. The minimum Gasteiger partial charge on any atom is -0.493 e. The zero-order chi connectivity index (χ0) is 22.4. The minimum absolute atomic E-state index is 0.0382. The van der Waals surface area contributed by atoms with Gasteiger partial charge in [0.25, 0.3) is 0 Å². The van der Waals surface area contributed by atoms with Gasteiger partial charge < -0.3 is 14.8 Å². The molecule has 1 N–H and O–H groups in total. The van der Waals surface area contributed by atoms with Crippen LogP contribution in [0.3, 0.4) is 0 Å². The van der Waals surface area contributed by atoms with E-state index < -0.39 is 0 Å². The molecule has 0 bridgehead atoms. The molecule has 162 valence electrons. The molecule has 2 aromatic rings. The number of pyridine rings is 1. The van der Waals surface area contributed by atoms with Gasteiger partial charge in [-0.25, -0.2) is 4.98 Å². The molecule has 1 aromatic heterocycles. The Morgan fingerprint density at radius 1 is 1.27 bits per heavy atom. The summed E-state index contributed by atoms with van der Waals surface area (Å²) in [5.41, 5.74) is 1.40. The minimum atomic E-state index is 0.0382. The Kier molecular flexibility index (Phi) is 12.0. The maximum atomic E-state index is 11.0. The number of anilines is 1. The second kappa shape index (κ2) is 14.2. The number of rotatable bonds is 9. The average Bonchev–Trinajstić information content (AvgIpc) is 2.74. The van der Waals surface area contributed by atoms with E-state index in [0.717, 1.165) is 22.7 Å². The Hall–Kier alpha value is -2.80. The van der Waals surface area contributed by atoms with Crippen molar-refractivity contribution >= 4 is 30.9 Å². The fraction of sp³-hybridized carbons (Fsp3) is 0.348. The largest absolute Gasteiger partial charge is 0.493 e. The summed E-state index contributed by atoms with van der Waals surface area (Å²) in [6.45, 7) is 8.09. The number of thiol groups is 1. The summed E-state index contributed by atoms with van der Waals surface area (Å²) in [5.74, 6) is 2.15. The average molecular weight is 430 g/mol. The molecule has 0 saturated heterocycles. The number of allylic oxidation sites excluding steroid dienone is 1.